The van der Waals surface area contributed by atoms with E-state index in [1.165, 1.54) is 17.8 Å². The zero-order chi connectivity index (χ0) is 26.2. The van der Waals surface area contributed by atoms with Gasteiger partial charge in [-0.15, -0.1) is 11.3 Å². The monoisotopic (exact) mass is 522 g/mol. The van der Waals surface area contributed by atoms with Crippen LogP contribution in [-0.4, -0.2) is 39.2 Å². The van der Waals surface area contributed by atoms with Crippen molar-refractivity contribution in [2.45, 2.75) is 50.6 Å². The topological polar surface area (TPSA) is 77.1 Å². The van der Waals surface area contributed by atoms with Crippen molar-refractivity contribution < 1.29 is 23.8 Å². The molecule has 0 saturated heterocycles. The molecule has 4 rings (SSSR count). The van der Waals surface area contributed by atoms with E-state index in [0.29, 0.717) is 28.5 Å². The molecule has 1 aromatic heterocycles. The molecule has 8 heteroatoms. The van der Waals surface area contributed by atoms with E-state index < -0.39 is 6.04 Å². The van der Waals surface area contributed by atoms with E-state index >= 15 is 0 Å². The van der Waals surface area contributed by atoms with Crippen LogP contribution in [-0.2, 0) is 16.0 Å². The number of carbonyl (C=O) groups is 2. The second-order valence-corrected chi connectivity index (χ2v) is 10.1. The molecule has 0 bridgehead atoms. The summed E-state index contributed by atoms with van der Waals surface area (Å²) in [6.45, 7) is 0. The Labute approximate surface area is 222 Å². The molecule has 0 spiro atoms. The molecule has 1 fully saturated rings. The Kier molecular flexibility index (Phi) is 9.06. The molecule has 37 heavy (non-hydrogen) atoms. The Bertz CT molecular complexity index is 1150. The smallest absolute Gasteiger partial charge is 0.248 e. The Morgan fingerprint density at radius 2 is 1.57 bits per heavy atom. The fraction of sp³-hybridized carbons (Fsp3) is 0.379. The number of anilines is 1. The first-order chi connectivity index (χ1) is 18.0. The van der Waals surface area contributed by atoms with Crippen LogP contribution in [0, 0.1) is 0 Å². The quantitative estimate of drug-likeness (QED) is 0.378. The van der Waals surface area contributed by atoms with Gasteiger partial charge in [-0.2, -0.15) is 0 Å². The summed E-state index contributed by atoms with van der Waals surface area (Å²) in [5, 5.41) is 5.19. The number of amides is 2. The lowest BCUT2D eigenvalue weighted by Gasteiger charge is -2.34. The molecule has 1 unspecified atom stereocenters. The van der Waals surface area contributed by atoms with Gasteiger partial charge in [-0.05, 0) is 42.0 Å². The van der Waals surface area contributed by atoms with Gasteiger partial charge in [-0.1, -0.05) is 37.5 Å². The van der Waals surface area contributed by atoms with E-state index in [1.807, 2.05) is 41.8 Å². The van der Waals surface area contributed by atoms with Crippen molar-refractivity contribution in [1.82, 2.24) is 5.32 Å². The molecule has 196 valence electrons. The normalized spacial score (nSPS) is 14.5. The minimum Gasteiger partial charge on any atom is -0.497 e. The third-order valence-corrected chi connectivity index (χ3v) is 7.55. The highest BCUT2D eigenvalue weighted by molar-refractivity contribution is 7.10. The van der Waals surface area contributed by atoms with Crippen LogP contribution in [0.2, 0.25) is 0 Å². The molecule has 1 saturated carbocycles. The molecular formula is C29H34N2O5S. The number of hydrogen-bond acceptors (Lipinski definition) is 6. The Hall–Kier alpha value is -3.52. The van der Waals surface area contributed by atoms with Crippen LogP contribution < -0.4 is 24.4 Å². The number of rotatable bonds is 10. The second-order valence-electron chi connectivity index (χ2n) is 9.11. The first kappa shape index (κ1) is 26.5. The van der Waals surface area contributed by atoms with Crippen molar-refractivity contribution in [3.8, 4) is 17.2 Å². The summed E-state index contributed by atoms with van der Waals surface area (Å²) in [6.07, 6.45) is 5.41. The molecule has 1 aliphatic carbocycles. The van der Waals surface area contributed by atoms with Crippen LogP contribution in [0.5, 0.6) is 17.2 Å². The van der Waals surface area contributed by atoms with Crippen molar-refractivity contribution in [2.75, 3.05) is 26.2 Å². The van der Waals surface area contributed by atoms with E-state index in [0.717, 1.165) is 30.6 Å². The molecule has 2 aromatic carbocycles. The van der Waals surface area contributed by atoms with Crippen LogP contribution >= 0.6 is 11.3 Å². The summed E-state index contributed by atoms with van der Waals surface area (Å²) in [7, 11) is 4.72. The number of carbonyl (C=O) groups excluding carboxylic acids is 2. The van der Waals surface area contributed by atoms with Gasteiger partial charge in [0.2, 0.25) is 11.8 Å². The van der Waals surface area contributed by atoms with Gasteiger partial charge < -0.3 is 19.5 Å². The molecule has 1 atom stereocenters. The highest BCUT2D eigenvalue weighted by Crippen LogP contribution is 2.35. The molecule has 2 amide bonds. The van der Waals surface area contributed by atoms with Crippen LogP contribution in [0.15, 0.2) is 60.0 Å². The maximum absolute atomic E-state index is 14.0. The zero-order valence-corrected chi connectivity index (χ0v) is 22.4. The summed E-state index contributed by atoms with van der Waals surface area (Å²) >= 11 is 1.51. The number of ether oxygens (including phenoxy) is 3. The minimum atomic E-state index is -0.892. The van der Waals surface area contributed by atoms with E-state index in [2.05, 4.69) is 5.32 Å². The number of methoxy groups -OCH3 is 3. The fourth-order valence-electron chi connectivity index (χ4n) is 4.75. The van der Waals surface area contributed by atoms with Crippen molar-refractivity contribution in [2.24, 2.45) is 0 Å². The van der Waals surface area contributed by atoms with Gasteiger partial charge in [0.25, 0.3) is 0 Å². The SMILES string of the molecule is COc1ccc(C(C(=O)NC2CCCCC2)N(C(=O)Cc2cccs2)c2cc(OC)cc(OC)c2)cc1. The molecule has 1 heterocycles. The van der Waals surface area contributed by atoms with Crippen LogP contribution in [0.1, 0.15) is 48.6 Å². The third kappa shape index (κ3) is 6.63. The van der Waals surface area contributed by atoms with Gasteiger partial charge in [0, 0.05) is 29.1 Å². The van der Waals surface area contributed by atoms with E-state index in [-0.39, 0.29) is 24.3 Å². The van der Waals surface area contributed by atoms with Gasteiger partial charge in [-0.3, -0.25) is 14.5 Å². The largest absolute Gasteiger partial charge is 0.497 e. The minimum absolute atomic E-state index is 0.0936. The zero-order valence-electron chi connectivity index (χ0n) is 21.6. The number of hydrogen-bond donors (Lipinski definition) is 1. The van der Waals surface area contributed by atoms with Gasteiger partial charge in [-0.25, -0.2) is 0 Å². The first-order valence-electron chi connectivity index (χ1n) is 12.5. The number of nitrogens with zero attached hydrogens (tertiary/aromatic N) is 1. The van der Waals surface area contributed by atoms with Crippen LogP contribution in [0.4, 0.5) is 5.69 Å². The summed E-state index contributed by atoms with van der Waals surface area (Å²) in [4.78, 5) is 30.5. The molecule has 1 N–H and O–H groups in total. The lowest BCUT2D eigenvalue weighted by Crippen LogP contribution is -2.47. The standard InChI is InChI=1S/C29H34N2O5S/c1-34-23-13-11-20(12-14-23)28(29(33)30-21-8-5-4-6-9-21)31(27(32)19-26-10-7-15-37-26)22-16-24(35-2)18-25(17-22)36-3/h7,10-18,21,28H,4-6,8-9,19H2,1-3H3,(H,30,33). The Balaban J connectivity index is 1.81. The van der Waals surface area contributed by atoms with E-state index in [1.54, 1.807) is 44.4 Å². The Morgan fingerprint density at radius 3 is 2.14 bits per heavy atom. The fourth-order valence-corrected chi connectivity index (χ4v) is 5.44. The molecular weight excluding hydrogens is 488 g/mol. The van der Waals surface area contributed by atoms with E-state index in [9.17, 15) is 9.59 Å². The maximum Gasteiger partial charge on any atom is 0.248 e. The van der Waals surface area contributed by atoms with Crippen LogP contribution in [0.3, 0.4) is 0 Å². The average molecular weight is 523 g/mol. The molecule has 0 radical (unpaired) electrons. The highest BCUT2D eigenvalue weighted by Gasteiger charge is 2.34. The molecule has 0 aliphatic heterocycles. The van der Waals surface area contributed by atoms with Gasteiger partial charge in [0.05, 0.1) is 33.4 Å². The second kappa shape index (κ2) is 12.6. The predicted octanol–water partition coefficient (Wildman–Crippen LogP) is 5.54. The lowest BCUT2D eigenvalue weighted by molar-refractivity contribution is -0.127. The maximum atomic E-state index is 14.0. The lowest BCUT2D eigenvalue weighted by atomic mass is 9.94. The van der Waals surface area contributed by atoms with Crippen molar-refractivity contribution >= 4 is 28.8 Å². The highest BCUT2D eigenvalue weighted by atomic mass is 32.1. The molecule has 3 aromatic rings. The van der Waals surface area contributed by atoms with Crippen LogP contribution in [0.25, 0.3) is 0 Å². The third-order valence-electron chi connectivity index (χ3n) is 6.68. The first-order valence-corrected chi connectivity index (χ1v) is 13.4. The Morgan fingerprint density at radius 1 is 0.919 bits per heavy atom. The molecule has 7 nitrogen and oxygen atoms in total. The summed E-state index contributed by atoms with van der Waals surface area (Å²) in [5.41, 5.74) is 1.22. The van der Waals surface area contributed by atoms with Gasteiger partial charge in [0.15, 0.2) is 0 Å². The number of nitrogens with one attached hydrogen (secondary N) is 1. The van der Waals surface area contributed by atoms with E-state index in [4.69, 9.17) is 14.2 Å². The number of thiophene rings is 1. The average Bonchev–Trinajstić information content (AvgIpc) is 3.44. The summed E-state index contributed by atoms with van der Waals surface area (Å²) in [5.74, 6) is 1.33. The van der Waals surface area contributed by atoms with Crippen molar-refractivity contribution in [3.63, 3.8) is 0 Å². The molecule has 1 aliphatic rings. The summed E-state index contributed by atoms with van der Waals surface area (Å²) in [6, 6.07) is 15.6. The van der Waals surface area contributed by atoms with Gasteiger partial charge >= 0.3 is 0 Å². The van der Waals surface area contributed by atoms with Crippen molar-refractivity contribution in [1.29, 1.82) is 0 Å². The van der Waals surface area contributed by atoms with Crippen molar-refractivity contribution in [3.05, 3.63) is 70.4 Å². The van der Waals surface area contributed by atoms with Gasteiger partial charge in [0.1, 0.15) is 23.3 Å². The predicted molar refractivity (Wildman–Crippen MR) is 146 cm³/mol. The summed E-state index contributed by atoms with van der Waals surface area (Å²) < 4.78 is 16.3. The number of benzene rings is 2.